The summed E-state index contributed by atoms with van der Waals surface area (Å²) in [6.45, 7) is 12.4. The summed E-state index contributed by atoms with van der Waals surface area (Å²) in [5, 5.41) is 85.1. The van der Waals surface area contributed by atoms with E-state index >= 15 is 0 Å². The Morgan fingerprint density at radius 2 is 0.704 bits per heavy atom. The Kier molecular flexibility index (Phi) is 46.9. The second-order valence-electron chi connectivity index (χ2n) is 28.1. The van der Waals surface area contributed by atoms with Gasteiger partial charge in [0.1, 0.15) is 52.1 Å². The quantitative estimate of drug-likeness (QED) is 0.0170. The van der Waals surface area contributed by atoms with E-state index in [1.165, 1.54) is 18.2 Å². The zero-order valence-corrected chi connectivity index (χ0v) is 75.7. The van der Waals surface area contributed by atoms with Crippen LogP contribution in [-0.2, 0) is 25.6 Å². The van der Waals surface area contributed by atoms with Crippen LogP contribution in [0.1, 0.15) is 139 Å². The molecular formula is C84H115ClF6N20O9S5. The molecule has 0 saturated carbocycles. The molecule has 41 heteroatoms. The number of hydrogen-bond acceptors (Lipinski definition) is 29. The summed E-state index contributed by atoms with van der Waals surface area (Å²) in [6.07, 6.45) is 1.19. The molecule has 125 heavy (non-hydrogen) atoms. The highest BCUT2D eigenvalue weighted by atomic mass is 35.5. The number of rotatable bonds is 33. The molecule has 29 nitrogen and oxygen atoms in total. The third kappa shape index (κ3) is 32.5. The van der Waals surface area contributed by atoms with E-state index in [1.807, 2.05) is 50.2 Å². The summed E-state index contributed by atoms with van der Waals surface area (Å²) in [7, 11) is 0. The van der Waals surface area contributed by atoms with Crippen molar-refractivity contribution in [3.05, 3.63) is 166 Å². The number of aromatic nitrogens is 10. The topological polar surface area (TPSA) is 479 Å². The lowest BCUT2D eigenvalue weighted by Gasteiger charge is -2.19. The number of benzene rings is 7. The normalized spacial score (nSPS) is 12.1. The Morgan fingerprint density at radius 1 is 0.352 bits per heavy atom. The minimum atomic E-state index is -4.49. The van der Waals surface area contributed by atoms with E-state index in [9.17, 15) is 57.0 Å². The van der Waals surface area contributed by atoms with Gasteiger partial charge in [-0.25, -0.2) is 24.9 Å². The second kappa shape index (κ2) is 53.6. The van der Waals surface area contributed by atoms with E-state index < -0.39 is 23.5 Å². The first-order chi connectivity index (χ1) is 57.5. The van der Waals surface area contributed by atoms with Crippen LogP contribution in [0.15, 0.2) is 133 Å². The fraction of sp³-hybridized carbons (Fsp3) is 0.381. The molecule has 0 aliphatic carbocycles. The number of nitrogens with two attached hydrogens (primary N) is 5. The first kappa shape index (κ1) is 109. The average molecular weight is 1860 g/mol. The van der Waals surface area contributed by atoms with Crippen molar-refractivity contribution in [2.45, 2.75) is 174 Å². The fourth-order valence-corrected chi connectivity index (χ4v) is 13.0. The molecule has 0 unspecified atom stereocenters. The summed E-state index contributed by atoms with van der Waals surface area (Å²) in [5.74, 6) is 4.84. The number of aliphatic hydroxyl groups is 7. The molecule has 0 aliphatic rings. The lowest BCUT2D eigenvalue weighted by Crippen LogP contribution is -2.24. The maximum absolute atomic E-state index is 12.8. The number of nitrogens with zero attached hydrogens (tertiary/aromatic N) is 10. The molecule has 0 spiro atoms. The Bertz CT molecular complexity index is 5310. The third-order valence-corrected chi connectivity index (χ3v) is 18.9. The smallest absolute Gasteiger partial charge is 0.416 e. The molecule has 0 amide bonds. The summed E-state index contributed by atoms with van der Waals surface area (Å²) in [5.41, 5.74) is 33.3. The van der Waals surface area contributed by atoms with Gasteiger partial charge in [0, 0.05) is 52.2 Å². The standard InChI is InChI=1S/C21H22ClF3N4O2.C21H23F3N4O2.2C14H20N4O2.C14H20N4O.5H2S/c1-2-3-13(8-9-30)27-19-15-11-14(5-6-17(15)28-20(26)29-19)31-18-7-4-12(10-16(18)22)21(23,24)25;1-2-3-14(10-11-29)26-19-17-12-16(8-9-18(17)27-20(25)28-19)30-15-6-4-13(5-7-15)21(22,23)24;1-2-3-10(8-20)16-13-11-6-9(7-19)4-5-12(11)17-14(15)18-13;1-2-3-10(8-20)16-13-11-5-4-9(7-19)6-12(11)17-14(15)18-13;1-3-5-10(8-19)16-13-11-7-4-6-9(2)12(11)17-14(15)18-13;;;;;/h4-7,10-11,13,30H,2-3,8-9H2,1H3,(H3,26,27,28,29);4-9,12,14,29H,2-3,10-11H2,1H3,(H3,25,26,27,28);2*4-6,10,19-20H,2-3,7-8H2,1H3,(H3,15,16,17,18);4,6-7,10,19H,3,5,8H2,1-2H3,(H3,15,16,17,18);5*1H2/t13-;14-;3*10-;;;;;/m00000...../s1. The average Bonchev–Trinajstić information content (AvgIpc) is 0.804. The van der Waals surface area contributed by atoms with Crippen LogP contribution < -0.4 is 64.7 Å². The van der Waals surface area contributed by atoms with E-state index in [2.05, 4.69) is 104 Å². The Balaban J connectivity index is 0.000000405. The van der Waals surface area contributed by atoms with Crippen LogP contribution in [0.4, 0.5) is 85.2 Å². The van der Waals surface area contributed by atoms with E-state index in [0.717, 1.165) is 127 Å². The van der Waals surface area contributed by atoms with Gasteiger partial charge in [-0.1, -0.05) is 103 Å². The Labute approximate surface area is 761 Å². The molecule has 5 heterocycles. The minimum Gasteiger partial charge on any atom is -0.457 e. The van der Waals surface area contributed by atoms with Gasteiger partial charge in [0.05, 0.1) is 94.9 Å². The first-order valence-electron chi connectivity index (χ1n) is 39.3. The first-order valence-corrected chi connectivity index (χ1v) is 39.7. The molecule has 5 aromatic heterocycles. The van der Waals surface area contributed by atoms with Crippen molar-refractivity contribution in [1.29, 1.82) is 0 Å². The van der Waals surface area contributed by atoms with Crippen molar-refractivity contribution in [2.75, 3.05) is 88.3 Å². The van der Waals surface area contributed by atoms with Crippen molar-refractivity contribution in [3.63, 3.8) is 0 Å². The number of aryl methyl sites for hydroxylation is 1. The molecule has 0 bridgehead atoms. The predicted molar refractivity (Wildman–Crippen MR) is 513 cm³/mol. The van der Waals surface area contributed by atoms with Crippen LogP contribution in [0.25, 0.3) is 54.5 Å². The number of nitrogen functional groups attached to an aromatic ring is 5. The Hall–Kier alpha value is -9.82. The van der Waals surface area contributed by atoms with Gasteiger partial charge in [-0.2, -0.15) is 119 Å². The largest absolute Gasteiger partial charge is 0.457 e. The third-order valence-electron chi connectivity index (χ3n) is 18.6. The number of para-hydroxylation sites is 1. The summed E-state index contributed by atoms with van der Waals surface area (Å²) >= 11 is 5.99. The van der Waals surface area contributed by atoms with Gasteiger partial charge in [-0.3, -0.25) is 0 Å². The van der Waals surface area contributed by atoms with Crippen LogP contribution in [0, 0.1) is 6.92 Å². The van der Waals surface area contributed by atoms with Gasteiger partial charge in [-0.15, -0.1) is 0 Å². The van der Waals surface area contributed by atoms with Gasteiger partial charge in [0.2, 0.25) is 29.7 Å². The van der Waals surface area contributed by atoms with Gasteiger partial charge in [0.15, 0.2) is 0 Å². The molecule has 684 valence electrons. The monoisotopic (exact) mass is 1860 g/mol. The zero-order chi connectivity index (χ0) is 87.2. The molecule has 12 rings (SSSR count). The number of aliphatic hydroxyl groups excluding tert-OH is 7. The number of halogens is 7. The number of nitrogens with one attached hydrogen (secondary N) is 5. The number of ether oxygens (including phenoxy) is 2. The maximum atomic E-state index is 12.8. The molecule has 0 radical (unpaired) electrons. The van der Waals surface area contributed by atoms with E-state index in [4.69, 9.17) is 54.8 Å². The van der Waals surface area contributed by atoms with Crippen molar-refractivity contribution in [2.24, 2.45) is 0 Å². The van der Waals surface area contributed by atoms with Gasteiger partial charge >= 0.3 is 12.4 Å². The molecule has 0 aliphatic heterocycles. The molecule has 0 fully saturated rings. The summed E-state index contributed by atoms with van der Waals surface area (Å²) in [4.78, 5) is 42.3. The summed E-state index contributed by atoms with van der Waals surface area (Å²) < 4.78 is 88.1. The minimum absolute atomic E-state index is 0. The molecule has 0 saturated heterocycles. The molecule has 12 aromatic rings. The van der Waals surface area contributed by atoms with Crippen LogP contribution in [0.3, 0.4) is 0 Å². The van der Waals surface area contributed by atoms with E-state index in [0.29, 0.717) is 86.3 Å². The van der Waals surface area contributed by atoms with E-state index in [1.54, 1.807) is 54.6 Å². The van der Waals surface area contributed by atoms with Crippen molar-refractivity contribution in [3.8, 4) is 23.0 Å². The zero-order valence-electron chi connectivity index (χ0n) is 70.0. The van der Waals surface area contributed by atoms with Gasteiger partial charge < -0.3 is 100 Å². The number of alkyl halides is 6. The highest BCUT2D eigenvalue weighted by molar-refractivity contribution is 7.60. The maximum Gasteiger partial charge on any atom is 0.416 e. The lowest BCUT2D eigenvalue weighted by molar-refractivity contribution is -0.138. The van der Waals surface area contributed by atoms with Crippen LogP contribution in [0.5, 0.6) is 23.0 Å². The van der Waals surface area contributed by atoms with Crippen LogP contribution >= 0.6 is 79.1 Å². The molecular weight excluding hydrogens is 1740 g/mol. The van der Waals surface area contributed by atoms with E-state index in [-0.39, 0.29) is 190 Å². The van der Waals surface area contributed by atoms with Gasteiger partial charge in [0.25, 0.3) is 0 Å². The number of anilines is 10. The SMILES string of the molecule is CCC[C@@H](CCO)Nc1nc(N)nc2ccc(Oc3ccc(C(F)(F)F)cc3)cc12.CCC[C@@H](CCO)Nc1nc(N)nc2ccc(Oc3ccc(C(F)(F)F)cc3Cl)cc12.CCC[C@@H](CO)Nc1nc(N)nc2c(C)cccc12.CCC[C@@H](CO)Nc1nc(N)nc2cc(CO)ccc12.CCC[C@@H](CO)Nc1nc(N)nc2ccc(CO)cc12.S.S.S.S.S. The van der Waals surface area contributed by atoms with Gasteiger partial charge in [-0.05, 0) is 178 Å². The molecule has 7 aromatic carbocycles. The van der Waals surface area contributed by atoms with Crippen molar-refractivity contribution >= 4 is 192 Å². The highest BCUT2D eigenvalue weighted by Gasteiger charge is 2.32. The van der Waals surface area contributed by atoms with Crippen molar-refractivity contribution in [1.82, 2.24) is 49.8 Å². The molecule has 5 atom stereocenters. The fourth-order valence-electron chi connectivity index (χ4n) is 12.8. The number of fused-ring (bicyclic) bond motifs is 5. The van der Waals surface area contributed by atoms with Crippen molar-refractivity contribution < 1.29 is 71.6 Å². The van der Waals surface area contributed by atoms with Crippen LogP contribution in [0.2, 0.25) is 5.02 Å². The summed E-state index contributed by atoms with van der Waals surface area (Å²) in [6, 6.07) is 34.1. The second-order valence-corrected chi connectivity index (χ2v) is 28.5. The predicted octanol–water partition coefficient (Wildman–Crippen LogP) is 15.8. The lowest BCUT2D eigenvalue weighted by atomic mass is 10.1. The molecule has 22 N–H and O–H groups in total. The highest BCUT2D eigenvalue weighted by Crippen LogP contribution is 2.39. The van der Waals surface area contributed by atoms with Crippen LogP contribution in [-0.4, -0.2) is 149 Å². The number of hydrogen-bond donors (Lipinski definition) is 17. The Morgan fingerprint density at radius 3 is 1.11 bits per heavy atom.